The van der Waals surface area contributed by atoms with E-state index in [4.69, 9.17) is 10.8 Å². The van der Waals surface area contributed by atoms with Gasteiger partial charge in [0.2, 0.25) is 0 Å². The summed E-state index contributed by atoms with van der Waals surface area (Å²) in [6, 6.07) is -0.910. The molecular formula is C8H13NO4S. The number of nitrogens with two attached hydrogens (primary N) is 1. The van der Waals surface area contributed by atoms with Crippen LogP contribution in [0, 0.1) is 0 Å². The van der Waals surface area contributed by atoms with Crippen molar-refractivity contribution in [3.05, 3.63) is 11.5 Å². The molecule has 0 fully saturated rings. The molecule has 0 aliphatic carbocycles. The molecular weight excluding hydrogens is 206 g/mol. The third kappa shape index (κ3) is 6.50. The molecule has 0 saturated heterocycles. The highest BCUT2D eigenvalue weighted by molar-refractivity contribution is 8.02. The molecule has 0 aliphatic heterocycles. The predicted octanol–water partition coefficient (Wildman–Crippen LogP) is 0.208. The van der Waals surface area contributed by atoms with Crippen LogP contribution in [0.25, 0.3) is 0 Å². The number of carboxylic acids is 1. The van der Waals surface area contributed by atoms with E-state index in [1.807, 2.05) is 0 Å². The summed E-state index contributed by atoms with van der Waals surface area (Å²) >= 11 is 1.16. The molecule has 80 valence electrons. The van der Waals surface area contributed by atoms with E-state index >= 15 is 0 Å². The van der Waals surface area contributed by atoms with Gasteiger partial charge in [0.05, 0.1) is 6.61 Å². The lowest BCUT2D eigenvalue weighted by atomic mass is 10.4. The molecule has 0 saturated carbocycles. The summed E-state index contributed by atoms with van der Waals surface area (Å²) < 4.78 is 4.61. The van der Waals surface area contributed by atoms with Gasteiger partial charge in [-0.1, -0.05) is 0 Å². The van der Waals surface area contributed by atoms with Crippen LogP contribution in [0.5, 0.6) is 0 Å². The highest BCUT2D eigenvalue weighted by Gasteiger charge is 2.09. The number of ether oxygens (including phenoxy) is 1. The fourth-order valence-corrected chi connectivity index (χ4v) is 1.19. The fraction of sp³-hybridized carbons (Fsp3) is 0.500. The second kappa shape index (κ2) is 7.40. The average molecular weight is 219 g/mol. The molecule has 0 radical (unpaired) electrons. The third-order valence-electron chi connectivity index (χ3n) is 1.18. The molecule has 5 nitrogen and oxygen atoms in total. The van der Waals surface area contributed by atoms with E-state index in [2.05, 4.69) is 4.74 Å². The van der Waals surface area contributed by atoms with Gasteiger partial charge in [0.1, 0.15) is 6.04 Å². The van der Waals surface area contributed by atoms with Crippen molar-refractivity contribution in [1.29, 1.82) is 0 Å². The van der Waals surface area contributed by atoms with Gasteiger partial charge in [-0.05, 0) is 12.3 Å². The quantitative estimate of drug-likeness (QED) is 0.490. The van der Waals surface area contributed by atoms with Gasteiger partial charge >= 0.3 is 11.9 Å². The summed E-state index contributed by atoms with van der Waals surface area (Å²) in [7, 11) is 0. The summed E-state index contributed by atoms with van der Waals surface area (Å²) in [5, 5.41) is 9.89. The molecule has 1 unspecified atom stereocenters. The van der Waals surface area contributed by atoms with E-state index in [1.54, 1.807) is 6.92 Å². The number of thioether (sulfide) groups is 1. The molecule has 0 aromatic carbocycles. The van der Waals surface area contributed by atoms with Crippen LogP contribution in [-0.2, 0) is 14.3 Å². The summed E-state index contributed by atoms with van der Waals surface area (Å²) in [6.07, 6.45) is 1.24. The van der Waals surface area contributed by atoms with Crippen LogP contribution in [-0.4, -0.2) is 35.4 Å². The lowest BCUT2D eigenvalue weighted by Crippen LogP contribution is -2.32. The molecule has 6 heteroatoms. The fourth-order valence-electron chi connectivity index (χ4n) is 0.525. The molecule has 0 spiro atoms. The van der Waals surface area contributed by atoms with Crippen molar-refractivity contribution in [2.75, 3.05) is 12.4 Å². The average Bonchev–Trinajstić information content (AvgIpc) is 2.12. The minimum Gasteiger partial charge on any atom is -0.480 e. The number of rotatable bonds is 6. The lowest BCUT2D eigenvalue weighted by molar-refractivity contribution is -0.138. The Morgan fingerprint density at radius 2 is 2.29 bits per heavy atom. The highest BCUT2D eigenvalue weighted by atomic mass is 32.2. The Labute approximate surface area is 86.3 Å². The minimum absolute atomic E-state index is 0.227. The summed E-state index contributed by atoms with van der Waals surface area (Å²) in [4.78, 5) is 21.0. The number of esters is 1. The third-order valence-corrected chi connectivity index (χ3v) is 2.06. The number of carbonyl (C=O) groups excluding carboxylic acids is 1. The Morgan fingerprint density at radius 1 is 1.64 bits per heavy atom. The maximum absolute atomic E-state index is 10.8. The van der Waals surface area contributed by atoms with E-state index in [0.717, 1.165) is 11.8 Å². The predicted molar refractivity (Wildman–Crippen MR) is 53.8 cm³/mol. The van der Waals surface area contributed by atoms with Gasteiger partial charge in [0.15, 0.2) is 0 Å². The van der Waals surface area contributed by atoms with Crippen LogP contribution in [0.2, 0.25) is 0 Å². The monoisotopic (exact) mass is 219 g/mol. The molecule has 0 amide bonds. The van der Waals surface area contributed by atoms with Crippen LogP contribution in [0.15, 0.2) is 11.5 Å². The van der Waals surface area contributed by atoms with E-state index in [0.29, 0.717) is 6.61 Å². The summed E-state index contributed by atoms with van der Waals surface area (Å²) in [5.74, 6) is -1.27. The van der Waals surface area contributed by atoms with Crippen LogP contribution < -0.4 is 5.73 Å². The number of aliphatic carboxylic acids is 1. The van der Waals surface area contributed by atoms with Gasteiger partial charge in [-0.25, -0.2) is 4.79 Å². The first-order valence-corrected chi connectivity index (χ1v) is 5.06. The van der Waals surface area contributed by atoms with Crippen molar-refractivity contribution in [2.24, 2.45) is 5.73 Å². The number of hydrogen-bond acceptors (Lipinski definition) is 5. The number of carboxylic acid groups (broad SMARTS) is 1. The van der Waals surface area contributed by atoms with E-state index < -0.39 is 18.0 Å². The standard InChI is InChI=1S/C8H13NO4S/c1-2-13-7(10)3-4-14-5-6(9)8(11)12/h3-4,6H,2,5,9H2,1H3,(H,11,12)/b4-3-. The van der Waals surface area contributed by atoms with Crippen molar-refractivity contribution >= 4 is 23.7 Å². The Hall–Kier alpha value is -1.01. The smallest absolute Gasteiger partial charge is 0.331 e. The first-order chi connectivity index (χ1) is 6.57. The molecule has 0 aromatic rings. The maximum atomic E-state index is 10.8. The molecule has 0 rings (SSSR count). The second-order valence-electron chi connectivity index (χ2n) is 2.33. The van der Waals surface area contributed by atoms with Crippen LogP contribution in [0.1, 0.15) is 6.92 Å². The maximum Gasteiger partial charge on any atom is 0.331 e. The SMILES string of the molecule is CCOC(=O)/C=C\SCC(N)C(=O)O. The van der Waals surface area contributed by atoms with E-state index in [9.17, 15) is 9.59 Å². The largest absolute Gasteiger partial charge is 0.480 e. The molecule has 0 aromatic heterocycles. The van der Waals surface area contributed by atoms with Crippen molar-refractivity contribution < 1.29 is 19.4 Å². The Balaban J connectivity index is 3.63. The lowest BCUT2D eigenvalue weighted by Gasteiger charge is -2.01. The Kier molecular flexibility index (Phi) is 6.87. The number of hydrogen-bond donors (Lipinski definition) is 2. The Bertz CT molecular complexity index is 229. The van der Waals surface area contributed by atoms with Crippen LogP contribution in [0.4, 0.5) is 0 Å². The Morgan fingerprint density at radius 3 is 2.79 bits per heavy atom. The van der Waals surface area contributed by atoms with Crippen molar-refractivity contribution in [3.8, 4) is 0 Å². The molecule has 3 N–H and O–H groups in total. The first kappa shape index (κ1) is 13.0. The summed E-state index contributed by atoms with van der Waals surface area (Å²) in [6.45, 7) is 2.03. The van der Waals surface area contributed by atoms with Crippen LogP contribution in [0.3, 0.4) is 0 Å². The number of carbonyl (C=O) groups is 2. The summed E-state index contributed by atoms with van der Waals surface area (Å²) in [5.41, 5.74) is 5.22. The normalized spacial score (nSPS) is 12.7. The second-order valence-corrected chi connectivity index (χ2v) is 3.27. The van der Waals surface area contributed by atoms with E-state index in [1.165, 1.54) is 11.5 Å². The van der Waals surface area contributed by atoms with Gasteiger partial charge in [-0.3, -0.25) is 4.79 Å². The minimum atomic E-state index is -1.05. The van der Waals surface area contributed by atoms with Crippen LogP contribution >= 0.6 is 11.8 Å². The molecule has 14 heavy (non-hydrogen) atoms. The molecule has 0 aliphatic rings. The van der Waals surface area contributed by atoms with Gasteiger partial charge in [-0.2, -0.15) is 0 Å². The van der Waals surface area contributed by atoms with E-state index in [-0.39, 0.29) is 5.75 Å². The van der Waals surface area contributed by atoms with Gasteiger partial charge in [-0.15, -0.1) is 11.8 Å². The zero-order valence-electron chi connectivity index (χ0n) is 7.80. The molecule has 0 bridgehead atoms. The van der Waals surface area contributed by atoms with Gasteiger partial charge in [0.25, 0.3) is 0 Å². The van der Waals surface area contributed by atoms with Gasteiger partial charge in [0, 0.05) is 11.8 Å². The van der Waals surface area contributed by atoms with Crippen molar-refractivity contribution in [2.45, 2.75) is 13.0 Å². The topological polar surface area (TPSA) is 89.6 Å². The molecule has 1 atom stereocenters. The van der Waals surface area contributed by atoms with Crippen molar-refractivity contribution in [1.82, 2.24) is 0 Å². The first-order valence-electron chi connectivity index (χ1n) is 4.01. The van der Waals surface area contributed by atoms with Crippen molar-refractivity contribution in [3.63, 3.8) is 0 Å². The van der Waals surface area contributed by atoms with Gasteiger partial charge < -0.3 is 15.6 Å². The zero-order valence-corrected chi connectivity index (χ0v) is 8.62. The highest BCUT2D eigenvalue weighted by Crippen LogP contribution is 2.03. The zero-order chi connectivity index (χ0) is 11.0. The molecule has 0 heterocycles.